The number of nitrogens with one attached hydrogen (secondary N) is 1. The highest BCUT2D eigenvalue weighted by Gasteiger charge is 2.11. The molecule has 1 aromatic rings. The molecule has 1 aromatic carbocycles. The quantitative estimate of drug-likeness (QED) is 0.685. The van der Waals surface area contributed by atoms with Gasteiger partial charge in [-0.05, 0) is 24.0 Å². The zero-order chi connectivity index (χ0) is 13.5. The van der Waals surface area contributed by atoms with Crippen molar-refractivity contribution in [3.8, 4) is 0 Å². The second-order valence-corrected chi connectivity index (χ2v) is 4.67. The van der Waals surface area contributed by atoms with Gasteiger partial charge in [0, 0.05) is 19.2 Å². The summed E-state index contributed by atoms with van der Waals surface area (Å²) in [6, 6.07) is 7.71. The van der Waals surface area contributed by atoms with Crippen LogP contribution >= 0.6 is 0 Å². The minimum Gasteiger partial charge on any atom is -0.481 e. The van der Waals surface area contributed by atoms with Gasteiger partial charge in [-0.3, -0.25) is 4.79 Å². The summed E-state index contributed by atoms with van der Waals surface area (Å²) in [5, 5.41) is 21.2. The highest BCUT2D eigenvalue weighted by Crippen LogP contribution is 2.11. The Morgan fingerprint density at radius 2 is 1.89 bits per heavy atom. The minimum atomic E-state index is -0.820. The van der Waals surface area contributed by atoms with E-state index in [1.54, 1.807) is 0 Å². The van der Waals surface area contributed by atoms with E-state index in [2.05, 4.69) is 5.32 Å². The van der Waals surface area contributed by atoms with Gasteiger partial charge < -0.3 is 15.5 Å². The van der Waals surface area contributed by atoms with Crippen molar-refractivity contribution in [3.63, 3.8) is 0 Å². The topological polar surface area (TPSA) is 69.6 Å². The van der Waals surface area contributed by atoms with Gasteiger partial charge in [0.1, 0.15) is 0 Å². The summed E-state index contributed by atoms with van der Waals surface area (Å²) in [6.07, 6.45) is 0.0434. The first-order valence-corrected chi connectivity index (χ1v) is 6.17. The van der Waals surface area contributed by atoms with Crippen LogP contribution in [0.4, 0.5) is 0 Å². The van der Waals surface area contributed by atoms with Gasteiger partial charge in [-0.1, -0.05) is 31.2 Å². The van der Waals surface area contributed by atoms with Crippen molar-refractivity contribution in [2.75, 3.05) is 6.61 Å². The molecule has 18 heavy (non-hydrogen) atoms. The van der Waals surface area contributed by atoms with Crippen molar-refractivity contribution < 1.29 is 15.0 Å². The lowest BCUT2D eigenvalue weighted by Crippen LogP contribution is -2.33. The van der Waals surface area contributed by atoms with Crippen molar-refractivity contribution >= 4 is 5.97 Å². The minimum absolute atomic E-state index is 0.0434. The third-order valence-electron chi connectivity index (χ3n) is 3.22. The molecule has 0 aromatic heterocycles. The SMILES string of the molecule is CC(CO)C(C)NCc1ccccc1CC(=O)O. The molecule has 0 bridgehead atoms. The summed E-state index contributed by atoms with van der Waals surface area (Å²) in [5.74, 6) is -0.643. The first kappa shape index (κ1) is 14.7. The maximum absolute atomic E-state index is 10.8. The summed E-state index contributed by atoms with van der Waals surface area (Å²) >= 11 is 0. The largest absolute Gasteiger partial charge is 0.481 e. The number of hydrogen-bond acceptors (Lipinski definition) is 3. The fourth-order valence-corrected chi connectivity index (χ4v) is 1.70. The molecular formula is C14H21NO3. The summed E-state index contributed by atoms with van der Waals surface area (Å²) in [5.41, 5.74) is 1.83. The third kappa shape index (κ3) is 4.47. The average molecular weight is 251 g/mol. The first-order valence-electron chi connectivity index (χ1n) is 6.17. The van der Waals surface area contributed by atoms with E-state index in [1.807, 2.05) is 38.1 Å². The molecule has 2 unspecified atom stereocenters. The highest BCUT2D eigenvalue weighted by atomic mass is 16.4. The monoisotopic (exact) mass is 251 g/mol. The van der Waals surface area contributed by atoms with Crippen LogP contribution in [0.5, 0.6) is 0 Å². The average Bonchev–Trinajstić information content (AvgIpc) is 2.35. The Hall–Kier alpha value is -1.39. The van der Waals surface area contributed by atoms with E-state index in [1.165, 1.54) is 0 Å². The van der Waals surface area contributed by atoms with Crippen molar-refractivity contribution in [2.45, 2.75) is 32.9 Å². The summed E-state index contributed by atoms with van der Waals surface area (Å²) < 4.78 is 0. The Bertz CT molecular complexity index is 392. The molecule has 0 saturated heterocycles. The maximum Gasteiger partial charge on any atom is 0.307 e. The fourth-order valence-electron chi connectivity index (χ4n) is 1.70. The van der Waals surface area contributed by atoms with Crippen molar-refractivity contribution in [1.29, 1.82) is 0 Å². The predicted octanol–water partition coefficient (Wildman–Crippen LogP) is 1.42. The van der Waals surface area contributed by atoms with Gasteiger partial charge in [0.05, 0.1) is 6.42 Å². The van der Waals surface area contributed by atoms with E-state index in [4.69, 9.17) is 10.2 Å². The molecule has 1 rings (SSSR count). The fraction of sp³-hybridized carbons (Fsp3) is 0.500. The molecule has 0 spiro atoms. The number of carbonyl (C=O) groups is 1. The van der Waals surface area contributed by atoms with E-state index in [0.29, 0.717) is 6.54 Å². The molecule has 0 heterocycles. The zero-order valence-electron chi connectivity index (χ0n) is 10.9. The van der Waals surface area contributed by atoms with Crippen LogP contribution in [-0.2, 0) is 17.8 Å². The smallest absolute Gasteiger partial charge is 0.307 e. The summed E-state index contributed by atoms with van der Waals surface area (Å²) in [4.78, 5) is 10.8. The summed E-state index contributed by atoms with van der Waals surface area (Å²) in [6.45, 7) is 4.75. The van der Waals surface area contributed by atoms with E-state index < -0.39 is 5.97 Å². The highest BCUT2D eigenvalue weighted by molar-refractivity contribution is 5.70. The molecule has 0 aliphatic carbocycles. The van der Waals surface area contributed by atoms with Crippen LogP contribution in [0.15, 0.2) is 24.3 Å². The van der Waals surface area contributed by atoms with E-state index >= 15 is 0 Å². The Kier molecular flexibility index (Phi) is 5.82. The van der Waals surface area contributed by atoms with Crippen LogP contribution in [0, 0.1) is 5.92 Å². The molecule has 4 heteroatoms. The van der Waals surface area contributed by atoms with Crippen LogP contribution in [0.1, 0.15) is 25.0 Å². The van der Waals surface area contributed by atoms with Gasteiger partial charge in [0.15, 0.2) is 0 Å². The number of carboxylic acids is 1. The molecular weight excluding hydrogens is 230 g/mol. The Morgan fingerprint density at radius 1 is 1.28 bits per heavy atom. The predicted molar refractivity (Wildman–Crippen MR) is 70.3 cm³/mol. The normalized spacial score (nSPS) is 14.2. The maximum atomic E-state index is 10.8. The lowest BCUT2D eigenvalue weighted by Gasteiger charge is -2.20. The van der Waals surface area contributed by atoms with Gasteiger partial charge in [-0.15, -0.1) is 0 Å². The second-order valence-electron chi connectivity index (χ2n) is 4.67. The molecule has 0 amide bonds. The van der Waals surface area contributed by atoms with Crippen LogP contribution < -0.4 is 5.32 Å². The number of rotatable bonds is 7. The van der Waals surface area contributed by atoms with Crippen LogP contribution in [-0.4, -0.2) is 28.8 Å². The second kappa shape index (κ2) is 7.13. The number of hydrogen-bond donors (Lipinski definition) is 3. The lowest BCUT2D eigenvalue weighted by molar-refractivity contribution is -0.136. The van der Waals surface area contributed by atoms with Gasteiger partial charge >= 0.3 is 5.97 Å². The molecule has 0 aliphatic heterocycles. The number of aliphatic hydroxyl groups excluding tert-OH is 1. The van der Waals surface area contributed by atoms with Gasteiger partial charge in [0.25, 0.3) is 0 Å². The standard InChI is InChI=1S/C14H21NO3/c1-10(9-16)11(2)15-8-13-6-4-3-5-12(13)7-14(17)18/h3-6,10-11,15-16H,7-9H2,1-2H3,(H,17,18). The van der Waals surface area contributed by atoms with Crippen molar-refractivity contribution in [2.24, 2.45) is 5.92 Å². The molecule has 3 N–H and O–H groups in total. The molecule has 0 saturated carbocycles. The Labute approximate surface area is 108 Å². The molecule has 4 nitrogen and oxygen atoms in total. The number of aliphatic hydroxyl groups is 1. The van der Waals surface area contributed by atoms with E-state index in [-0.39, 0.29) is 25.0 Å². The van der Waals surface area contributed by atoms with Gasteiger partial charge in [0.2, 0.25) is 0 Å². The number of aliphatic carboxylic acids is 1. The Balaban J connectivity index is 2.64. The van der Waals surface area contributed by atoms with Crippen LogP contribution in [0.25, 0.3) is 0 Å². The molecule has 2 atom stereocenters. The van der Waals surface area contributed by atoms with E-state index in [9.17, 15) is 4.79 Å². The summed E-state index contributed by atoms with van der Waals surface area (Å²) in [7, 11) is 0. The molecule has 0 aliphatic rings. The van der Waals surface area contributed by atoms with E-state index in [0.717, 1.165) is 11.1 Å². The van der Waals surface area contributed by atoms with Crippen molar-refractivity contribution in [3.05, 3.63) is 35.4 Å². The van der Waals surface area contributed by atoms with Crippen molar-refractivity contribution in [1.82, 2.24) is 5.32 Å². The number of benzene rings is 1. The lowest BCUT2D eigenvalue weighted by atomic mass is 10.0. The Morgan fingerprint density at radius 3 is 2.44 bits per heavy atom. The zero-order valence-corrected chi connectivity index (χ0v) is 10.9. The molecule has 0 radical (unpaired) electrons. The molecule has 0 fully saturated rings. The van der Waals surface area contributed by atoms with Crippen LogP contribution in [0.3, 0.4) is 0 Å². The first-order chi connectivity index (χ1) is 8.54. The van der Waals surface area contributed by atoms with Crippen LogP contribution in [0.2, 0.25) is 0 Å². The molecule has 100 valence electrons. The number of carboxylic acid groups (broad SMARTS) is 1. The van der Waals surface area contributed by atoms with Gasteiger partial charge in [-0.2, -0.15) is 0 Å². The van der Waals surface area contributed by atoms with Gasteiger partial charge in [-0.25, -0.2) is 0 Å². The third-order valence-corrected chi connectivity index (χ3v) is 3.22.